The number of hydrogen-bond donors (Lipinski definition) is 3. The van der Waals surface area contributed by atoms with Crippen LogP contribution in [0, 0.1) is 6.92 Å². The Balaban J connectivity index is 1.99. The second-order valence-corrected chi connectivity index (χ2v) is 5.87. The molecule has 6 heteroatoms. The summed E-state index contributed by atoms with van der Waals surface area (Å²) in [5.74, 6) is 1.15. The van der Waals surface area contributed by atoms with Crippen LogP contribution in [0.25, 0.3) is 11.3 Å². The first-order valence-electron chi connectivity index (χ1n) is 8.15. The number of hydrogen-bond acceptors (Lipinski definition) is 6. The smallest absolute Gasteiger partial charge is 0.225 e. The topological polar surface area (TPSA) is 83.0 Å². The van der Waals surface area contributed by atoms with E-state index in [0.717, 1.165) is 22.5 Å². The number of pyridine rings is 1. The first-order chi connectivity index (χ1) is 12.2. The molecule has 0 spiro atoms. The van der Waals surface area contributed by atoms with Gasteiger partial charge < -0.3 is 15.7 Å². The van der Waals surface area contributed by atoms with Gasteiger partial charge in [0.25, 0.3) is 0 Å². The molecule has 0 radical (unpaired) electrons. The zero-order valence-corrected chi connectivity index (χ0v) is 14.3. The Morgan fingerprint density at radius 2 is 1.84 bits per heavy atom. The summed E-state index contributed by atoms with van der Waals surface area (Å²) in [6, 6.07) is 13.6. The molecule has 25 heavy (non-hydrogen) atoms. The third-order valence-electron chi connectivity index (χ3n) is 3.76. The van der Waals surface area contributed by atoms with Crippen molar-refractivity contribution in [3.05, 3.63) is 60.4 Å². The molecule has 2 heterocycles. The molecule has 0 bridgehead atoms. The predicted molar refractivity (Wildman–Crippen MR) is 99.9 cm³/mol. The van der Waals surface area contributed by atoms with Crippen molar-refractivity contribution in [3.63, 3.8) is 0 Å². The van der Waals surface area contributed by atoms with Crippen LogP contribution in [0.4, 0.5) is 17.5 Å². The third kappa shape index (κ3) is 4.30. The molecule has 3 rings (SSSR count). The molecule has 0 aliphatic rings. The monoisotopic (exact) mass is 335 g/mol. The lowest BCUT2D eigenvalue weighted by molar-refractivity contribution is 0.281. The van der Waals surface area contributed by atoms with Crippen LogP contribution in [0.2, 0.25) is 0 Å². The minimum atomic E-state index is -0.140. The number of benzene rings is 1. The van der Waals surface area contributed by atoms with E-state index in [-0.39, 0.29) is 12.6 Å². The van der Waals surface area contributed by atoms with Crippen LogP contribution >= 0.6 is 0 Å². The minimum absolute atomic E-state index is 0.00337. The fourth-order valence-electron chi connectivity index (χ4n) is 2.36. The quantitative estimate of drug-likeness (QED) is 0.640. The number of aryl methyl sites for hydroxylation is 1. The summed E-state index contributed by atoms with van der Waals surface area (Å²) < 4.78 is 0. The summed E-state index contributed by atoms with van der Waals surface area (Å²) in [6.45, 7) is 3.92. The lowest BCUT2D eigenvalue weighted by atomic mass is 10.2. The van der Waals surface area contributed by atoms with Gasteiger partial charge in [0.05, 0.1) is 12.3 Å². The molecule has 0 amide bonds. The van der Waals surface area contributed by atoms with Crippen molar-refractivity contribution in [2.45, 2.75) is 19.9 Å². The molecule has 0 saturated heterocycles. The fraction of sp³-hybridized carbons (Fsp3) is 0.211. The van der Waals surface area contributed by atoms with Crippen molar-refractivity contribution in [2.24, 2.45) is 0 Å². The van der Waals surface area contributed by atoms with E-state index in [1.165, 1.54) is 0 Å². The fourth-order valence-corrected chi connectivity index (χ4v) is 2.36. The van der Waals surface area contributed by atoms with Crippen LogP contribution in [-0.2, 0) is 0 Å². The van der Waals surface area contributed by atoms with Crippen molar-refractivity contribution in [3.8, 4) is 11.3 Å². The number of aliphatic hydroxyl groups is 1. The van der Waals surface area contributed by atoms with E-state index in [4.69, 9.17) is 0 Å². The highest BCUT2D eigenvalue weighted by atomic mass is 16.3. The zero-order valence-electron chi connectivity index (χ0n) is 14.3. The second kappa shape index (κ2) is 7.72. The van der Waals surface area contributed by atoms with Crippen LogP contribution in [-0.4, -0.2) is 32.7 Å². The van der Waals surface area contributed by atoms with Gasteiger partial charge in [0, 0.05) is 35.8 Å². The molecular weight excluding hydrogens is 314 g/mol. The minimum Gasteiger partial charge on any atom is -0.394 e. The summed E-state index contributed by atoms with van der Waals surface area (Å²) in [5.41, 5.74) is 3.85. The number of aliphatic hydroxyl groups excluding tert-OH is 1. The molecule has 6 nitrogen and oxygen atoms in total. The number of para-hydroxylation sites is 1. The van der Waals surface area contributed by atoms with Gasteiger partial charge in [0.1, 0.15) is 5.82 Å². The van der Waals surface area contributed by atoms with Gasteiger partial charge in [-0.05, 0) is 37.6 Å². The van der Waals surface area contributed by atoms with E-state index in [2.05, 4.69) is 25.6 Å². The molecule has 2 aromatic heterocycles. The van der Waals surface area contributed by atoms with Gasteiger partial charge in [0.2, 0.25) is 5.95 Å². The Hall–Kier alpha value is -2.99. The first-order valence-corrected chi connectivity index (χ1v) is 8.15. The van der Waals surface area contributed by atoms with Crippen molar-refractivity contribution >= 4 is 17.5 Å². The summed E-state index contributed by atoms with van der Waals surface area (Å²) in [6.07, 6.45) is 3.46. The average molecular weight is 335 g/mol. The van der Waals surface area contributed by atoms with Gasteiger partial charge in [-0.25, -0.2) is 4.98 Å². The Labute approximate surface area is 147 Å². The van der Waals surface area contributed by atoms with Crippen LogP contribution in [0.3, 0.4) is 0 Å². The molecule has 1 aromatic carbocycles. The van der Waals surface area contributed by atoms with Crippen molar-refractivity contribution in [1.82, 2.24) is 15.0 Å². The highest BCUT2D eigenvalue weighted by Gasteiger charge is 2.10. The maximum atomic E-state index is 9.28. The molecule has 0 unspecified atom stereocenters. The van der Waals surface area contributed by atoms with Gasteiger partial charge in [-0.2, -0.15) is 4.98 Å². The number of nitrogens with zero attached hydrogens (tertiary/aromatic N) is 3. The lowest BCUT2D eigenvalue weighted by Crippen LogP contribution is -2.21. The van der Waals surface area contributed by atoms with Crippen LogP contribution in [0.1, 0.15) is 12.5 Å². The summed E-state index contributed by atoms with van der Waals surface area (Å²) in [5, 5.41) is 15.7. The number of nitrogens with one attached hydrogen (secondary N) is 2. The van der Waals surface area contributed by atoms with Gasteiger partial charge in [-0.15, -0.1) is 0 Å². The summed E-state index contributed by atoms with van der Waals surface area (Å²) in [4.78, 5) is 13.1. The highest BCUT2D eigenvalue weighted by molar-refractivity contribution is 5.68. The third-order valence-corrected chi connectivity index (χ3v) is 3.76. The van der Waals surface area contributed by atoms with Crippen LogP contribution in [0.5, 0.6) is 0 Å². The molecule has 3 N–H and O–H groups in total. The maximum absolute atomic E-state index is 9.28. The zero-order chi connectivity index (χ0) is 17.6. The molecular formula is C19H21N5O. The largest absolute Gasteiger partial charge is 0.394 e. The normalized spacial score (nSPS) is 11.8. The van der Waals surface area contributed by atoms with Gasteiger partial charge in [0.15, 0.2) is 0 Å². The van der Waals surface area contributed by atoms with Crippen LogP contribution in [0.15, 0.2) is 54.9 Å². The van der Waals surface area contributed by atoms with E-state index in [1.807, 2.05) is 56.3 Å². The summed E-state index contributed by atoms with van der Waals surface area (Å²) in [7, 11) is 0. The summed E-state index contributed by atoms with van der Waals surface area (Å²) >= 11 is 0. The van der Waals surface area contributed by atoms with Crippen LogP contribution < -0.4 is 10.6 Å². The second-order valence-electron chi connectivity index (χ2n) is 5.87. The Bertz CT molecular complexity index is 838. The SMILES string of the molecule is Cc1ccccc1Nc1cc(-c2ccncc2)nc(N[C@H](C)CO)n1. The standard InChI is InChI=1S/C19H21N5O/c1-13-5-3-4-6-16(13)22-18-11-17(15-7-9-20-10-8-15)23-19(24-18)21-14(2)12-25/h3-11,14,25H,12H2,1-2H3,(H2,21,22,23,24)/t14-/m1/s1. The molecule has 3 aromatic rings. The molecule has 0 saturated carbocycles. The first kappa shape index (κ1) is 16.9. The van der Waals surface area contributed by atoms with E-state index < -0.39 is 0 Å². The predicted octanol–water partition coefficient (Wildman–Crippen LogP) is 3.38. The molecule has 128 valence electrons. The van der Waals surface area contributed by atoms with E-state index >= 15 is 0 Å². The van der Waals surface area contributed by atoms with Crippen molar-refractivity contribution in [1.29, 1.82) is 0 Å². The Morgan fingerprint density at radius 1 is 1.08 bits per heavy atom. The van der Waals surface area contributed by atoms with Gasteiger partial charge >= 0.3 is 0 Å². The van der Waals surface area contributed by atoms with Crippen molar-refractivity contribution in [2.75, 3.05) is 17.2 Å². The molecule has 1 atom stereocenters. The maximum Gasteiger partial charge on any atom is 0.225 e. The Kier molecular flexibility index (Phi) is 5.20. The van der Waals surface area contributed by atoms with Gasteiger partial charge in [-0.1, -0.05) is 18.2 Å². The number of rotatable bonds is 6. The number of anilines is 3. The van der Waals surface area contributed by atoms with E-state index in [0.29, 0.717) is 11.8 Å². The van der Waals surface area contributed by atoms with E-state index in [9.17, 15) is 5.11 Å². The lowest BCUT2D eigenvalue weighted by Gasteiger charge is -2.15. The molecule has 0 aliphatic heterocycles. The highest BCUT2D eigenvalue weighted by Crippen LogP contribution is 2.24. The number of aromatic nitrogens is 3. The molecule has 0 fully saturated rings. The average Bonchev–Trinajstić information content (AvgIpc) is 2.64. The Morgan fingerprint density at radius 3 is 2.56 bits per heavy atom. The van der Waals surface area contributed by atoms with Crippen molar-refractivity contribution < 1.29 is 5.11 Å². The molecule has 0 aliphatic carbocycles. The van der Waals surface area contributed by atoms with E-state index in [1.54, 1.807) is 12.4 Å². The van der Waals surface area contributed by atoms with Gasteiger partial charge in [-0.3, -0.25) is 4.98 Å².